The maximum atomic E-state index is 10.9. The number of aldehydes is 1. The van der Waals surface area contributed by atoms with Crippen molar-refractivity contribution in [2.45, 2.75) is 18.9 Å². The Hall–Kier alpha value is -1.57. The third-order valence-corrected chi connectivity index (χ3v) is 2.84. The fraction of sp³-hybridized carbons (Fsp3) is 0.250. The van der Waals surface area contributed by atoms with Crippen molar-refractivity contribution < 1.29 is 4.79 Å². The van der Waals surface area contributed by atoms with E-state index in [4.69, 9.17) is 0 Å². The number of hydrogen-bond donors (Lipinski definition) is 0. The van der Waals surface area contributed by atoms with Gasteiger partial charge in [-0.25, -0.2) is 0 Å². The molecule has 70 valence electrons. The Morgan fingerprint density at radius 2 is 2.07 bits per heavy atom. The zero-order valence-electron chi connectivity index (χ0n) is 7.81. The first kappa shape index (κ1) is 7.80. The third-order valence-electron chi connectivity index (χ3n) is 2.84. The van der Waals surface area contributed by atoms with Gasteiger partial charge in [0.25, 0.3) is 0 Å². The number of nitrogens with zero attached hydrogens (tertiary/aromatic N) is 1. The van der Waals surface area contributed by atoms with E-state index in [9.17, 15) is 4.79 Å². The molecule has 0 bridgehead atoms. The summed E-state index contributed by atoms with van der Waals surface area (Å²) >= 11 is 0. The van der Waals surface area contributed by atoms with Crippen molar-refractivity contribution in [3.8, 4) is 0 Å². The summed E-state index contributed by atoms with van der Waals surface area (Å²) in [5.41, 5.74) is 2.00. The standard InChI is InChI=1S/C12H11NO/c14-8-9-7-13(10-5-6-10)12-4-2-1-3-11(9)12/h1-4,7-8,10H,5-6H2. The van der Waals surface area contributed by atoms with Gasteiger partial charge in [-0.2, -0.15) is 0 Å². The maximum Gasteiger partial charge on any atom is 0.152 e. The molecule has 14 heavy (non-hydrogen) atoms. The van der Waals surface area contributed by atoms with Gasteiger partial charge in [-0.1, -0.05) is 18.2 Å². The van der Waals surface area contributed by atoms with Crippen molar-refractivity contribution in [2.24, 2.45) is 0 Å². The highest BCUT2D eigenvalue weighted by Crippen LogP contribution is 2.38. The summed E-state index contributed by atoms with van der Waals surface area (Å²) in [6, 6.07) is 8.73. The predicted molar refractivity (Wildman–Crippen MR) is 55.6 cm³/mol. The van der Waals surface area contributed by atoms with Gasteiger partial charge in [0.2, 0.25) is 0 Å². The Morgan fingerprint density at radius 1 is 1.29 bits per heavy atom. The molecule has 0 radical (unpaired) electrons. The van der Waals surface area contributed by atoms with E-state index in [-0.39, 0.29) is 0 Å². The summed E-state index contributed by atoms with van der Waals surface area (Å²) in [6.07, 6.45) is 5.42. The molecule has 1 aromatic carbocycles. The van der Waals surface area contributed by atoms with E-state index in [0.717, 1.165) is 17.2 Å². The van der Waals surface area contributed by atoms with Crippen molar-refractivity contribution in [1.29, 1.82) is 0 Å². The largest absolute Gasteiger partial charge is 0.344 e. The molecule has 0 atom stereocenters. The Balaban J connectivity index is 2.33. The molecule has 2 nitrogen and oxygen atoms in total. The van der Waals surface area contributed by atoms with Crippen LogP contribution in [0, 0.1) is 0 Å². The molecular formula is C12H11NO. The average molecular weight is 185 g/mol. The normalized spacial score (nSPS) is 16.0. The zero-order valence-corrected chi connectivity index (χ0v) is 7.81. The van der Waals surface area contributed by atoms with Crippen LogP contribution in [0.15, 0.2) is 30.5 Å². The van der Waals surface area contributed by atoms with Crippen LogP contribution in [0.25, 0.3) is 10.9 Å². The topological polar surface area (TPSA) is 22.0 Å². The van der Waals surface area contributed by atoms with Crippen LogP contribution in [0.5, 0.6) is 0 Å². The Bertz CT molecular complexity index is 494. The van der Waals surface area contributed by atoms with E-state index in [2.05, 4.69) is 10.6 Å². The molecule has 1 fully saturated rings. The second-order valence-corrected chi connectivity index (χ2v) is 3.86. The Kier molecular flexibility index (Phi) is 1.51. The molecule has 0 aliphatic heterocycles. The monoisotopic (exact) mass is 185 g/mol. The highest BCUT2D eigenvalue weighted by atomic mass is 16.1. The molecule has 1 saturated carbocycles. The molecule has 2 aromatic rings. The van der Waals surface area contributed by atoms with Crippen molar-refractivity contribution in [2.75, 3.05) is 0 Å². The minimum Gasteiger partial charge on any atom is -0.344 e. The molecular weight excluding hydrogens is 174 g/mol. The first-order valence-corrected chi connectivity index (χ1v) is 4.95. The molecule has 0 N–H and O–H groups in total. The fourth-order valence-electron chi connectivity index (χ4n) is 1.98. The number of aromatic nitrogens is 1. The van der Waals surface area contributed by atoms with Gasteiger partial charge in [-0.3, -0.25) is 4.79 Å². The minimum absolute atomic E-state index is 0.633. The highest BCUT2D eigenvalue weighted by molar-refractivity contribution is 5.97. The van der Waals surface area contributed by atoms with Crippen LogP contribution in [0.4, 0.5) is 0 Å². The van der Waals surface area contributed by atoms with E-state index in [1.54, 1.807) is 0 Å². The minimum atomic E-state index is 0.633. The van der Waals surface area contributed by atoms with E-state index in [0.29, 0.717) is 6.04 Å². The van der Waals surface area contributed by atoms with Gasteiger partial charge in [-0.05, 0) is 18.9 Å². The second-order valence-electron chi connectivity index (χ2n) is 3.86. The van der Waals surface area contributed by atoms with Crippen LogP contribution in [-0.4, -0.2) is 10.9 Å². The summed E-state index contributed by atoms with van der Waals surface area (Å²) in [7, 11) is 0. The lowest BCUT2D eigenvalue weighted by molar-refractivity contribution is 0.112. The summed E-state index contributed by atoms with van der Waals surface area (Å²) in [5, 5.41) is 1.08. The lowest BCUT2D eigenvalue weighted by atomic mass is 10.2. The van der Waals surface area contributed by atoms with E-state index < -0.39 is 0 Å². The number of carbonyl (C=O) groups excluding carboxylic acids is 1. The number of rotatable bonds is 2. The van der Waals surface area contributed by atoms with E-state index in [1.807, 2.05) is 24.4 Å². The Labute approximate surface area is 82.1 Å². The first-order chi connectivity index (χ1) is 6.90. The van der Waals surface area contributed by atoms with Crippen LogP contribution < -0.4 is 0 Å². The molecule has 0 unspecified atom stereocenters. The SMILES string of the molecule is O=Cc1cn(C2CC2)c2ccccc12. The summed E-state index contributed by atoms with van der Waals surface area (Å²) in [6.45, 7) is 0. The van der Waals surface area contributed by atoms with Crippen molar-refractivity contribution in [1.82, 2.24) is 4.57 Å². The van der Waals surface area contributed by atoms with Crippen molar-refractivity contribution in [3.05, 3.63) is 36.0 Å². The van der Waals surface area contributed by atoms with Crippen LogP contribution in [0.1, 0.15) is 29.2 Å². The number of carbonyl (C=O) groups is 1. The summed E-state index contributed by atoms with van der Waals surface area (Å²) in [5.74, 6) is 0. The smallest absolute Gasteiger partial charge is 0.152 e. The molecule has 1 aliphatic carbocycles. The average Bonchev–Trinajstić information content (AvgIpc) is 3.00. The lowest BCUT2D eigenvalue weighted by Gasteiger charge is -2.00. The van der Waals surface area contributed by atoms with Crippen LogP contribution in [-0.2, 0) is 0 Å². The number of benzene rings is 1. The number of hydrogen-bond acceptors (Lipinski definition) is 1. The molecule has 0 amide bonds. The molecule has 1 aliphatic rings. The molecule has 0 saturated heterocycles. The third kappa shape index (κ3) is 1.00. The number of para-hydroxylation sites is 1. The zero-order chi connectivity index (χ0) is 9.54. The molecule has 1 aromatic heterocycles. The number of fused-ring (bicyclic) bond motifs is 1. The summed E-state index contributed by atoms with van der Waals surface area (Å²) in [4.78, 5) is 10.9. The highest BCUT2D eigenvalue weighted by Gasteiger charge is 2.25. The van der Waals surface area contributed by atoms with E-state index >= 15 is 0 Å². The van der Waals surface area contributed by atoms with Gasteiger partial charge in [-0.15, -0.1) is 0 Å². The van der Waals surface area contributed by atoms with Crippen LogP contribution in [0.3, 0.4) is 0 Å². The molecule has 3 rings (SSSR count). The molecule has 1 heterocycles. The second kappa shape index (κ2) is 2.71. The Morgan fingerprint density at radius 3 is 2.79 bits per heavy atom. The van der Waals surface area contributed by atoms with Crippen LogP contribution in [0.2, 0.25) is 0 Å². The van der Waals surface area contributed by atoms with Gasteiger partial charge in [0.05, 0.1) is 0 Å². The quantitative estimate of drug-likeness (QED) is 0.659. The van der Waals surface area contributed by atoms with Gasteiger partial charge in [0.1, 0.15) is 0 Å². The fourth-order valence-corrected chi connectivity index (χ4v) is 1.98. The summed E-state index contributed by atoms with van der Waals surface area (Å²) < 4.78 is 2.24. The van der Waals surface area contributed by atoms with Gasteiger partial charge < -0.3 is 4.57 Å². The van der Waals surface area contributed by atoms with E-state index in [1.165, 1.54) is 18.4 Å². The lowest BCUT2D eigenvalue weighted by Crippen LogP contribution is -1.89. The first-order valence-electron chi connectivity index (χ1n) is 4.95. The molecule has 2 heteroatoms. The maximum absolute atomic E-state index is 10.9. The van der Waals surface area contributed by atoms with Gasteiger partial charge in [0, 0.05) is 28.7 Å². The van der Waals surface area contributed by atoms with Gasteiger partial charge >= 0.3 is 0 Å². The molecule has 0 spiro atoms. The van der Waals surface area contributed by atoms with Crippen molar-refractivity contribution in [3.63, 3.8) is 0 Å². The predicted octanol–water partition coefficient (Wildman–Crippen LogP) is 2.79. The van der Waals surface area contributed by atoms with Gasteiger partial charge in [0.15, 0.2) is 6.29 Å². The van der Waals surface area contributed by atoms with Crippen molar-refractivity contribution >= 4 is 17.2 Å². The van der Waals surface area contributed by atoms with Crippen LogP contribution >= 0.6 is 0 Å².